The first kappa shape index (κ1) is 16.4. The number of thioether (sulfide) groups is 1. The van der Waals surface area contributed by atoms with E-state index in [1.165, 1.54) is 4.90 Å². The first-order valence-corrected chi connectivity index (χ1v) is 8.45. The fourth-order valence-corrected chi connectivity index (χ4v) is 2.69. The van der Waals surface area contributed by atoms with Gasteiger partial charge in [0.1, 0.15) is 5.75 Å². The number of ether oxygens (including phenoxy) is 1. The molecule has 1 N–H and O–H groups in total. The lowest BCUT2D eigenvalue weighted by Gasteiger charge is -2.07. The van der Waals surface area contributed by atoms with Crippen LogP contribution in [-0.4, -0.2) is 24.8 Å². The lowest BCUT2D eigenvalue weighted by atomic mass is 10.3. The van der Waals surface area contributed by atoms with E-state index in [0.29, 0.717) is 19.6 Å². The number of hydrogen-bond acceptors (Lipinski definition) is 3. The van der Waals surface area contributed by atoms with Crippen molar-refractivity contribution in [2.24, 2.45) is 0 Å². The molecule has 0 saturated carbocycles. The summed E-state index contributed by atoms with van der Waals surface area (Å²) in [5.41, 5.74) is 0. The summed E-state index contributed by atoms with van der Waals surface area (Å²) < 4.78 is 5.56. The Labute approximate surface area is 136 Å². The van der Waals surface area contributed by atoms with Crippen LogP contribution in [0.4, 0.5) is 0 Å². The van der Waals surface area contributed by atoms with Gasteiger partial charge in [0.15, 0.2) is 0 Å². The molecule has 0 aromatic heterocycles. The van der Waals surface area contributed by atoms with Crippen LogP contribution in [0.5, 0.6) is 5.75 Å². The van der Waals surface area contributed by atoms with E-state index in [9.17, 15) is 4.79 Å². The Bertz CT molecular complexity index is 496. The van der Waals surface area contributed by atoms with Crippen LogP contribution in [-0.2, 0) is 4.79 Å². The molecule has 2 aromatic carbocycles. The van der Waals surface area contributed by atoms with Crippen LogP contribution in [0.15, 0.2) is 65.6 Å². The number of carbonyl (C=O) groups excluding carboxylic acids is 1. The number of nitrogens with one attached hydrogen (secondary N) is 1. The number of carbonyl (C=O) groups is 1. The van der Waals surface area contributed by atoms with Crippen molar-refractivity contribution < 1.29 is 9.53 Å². The summed E-state index contributed by atoms with van der Waals surface area (Å²) >= 11 is 1.75. The van der Waals surface area contributed by atoms with E-state index in [-0.39, 0.29) is 5.91 Å². The first-order chi connectivity index (χ1) is 10.8. The third-order valence-corrected chi connectivity index (χ3v) is 4.01. The van der Waals surface area contributed by atoms with Crippen LogP contribution in [0.1, 0.15) is 12.8 Å². The van der Waals surface area contributed by atoms with Crippen molar-refractivity contribution in [1.29, 1.82) is 0 Å². The lowest BCUT2D eigenvalue weighted by Crippen LogP contribution is -2.25. The zero-order valence-corrected chi connectivity index (χ0v) is 13.4. The first-order valence-electron chi connectivity index (χ1n) is 7.47. The van der Waals surface area contributed by atoms with Gasteiger partial charge in [0.25, 0.3) is 0 Å². The number of para-hydroxylation sites is 1. The van der Waals surface area contributed by atoms with Gasteiger partial charge in [-0.2, -0.15) is 0 Å². The molecule has 0 aliphatic rings. The normalized spacial score (nSPS) is 10.2. The molecule has 3 nitrogen and oxygen atoms in total. The molecular weight excluding hydrogens is 294 g/mol. The molecular formula is C18H21NO2S. The fraction of sp³-hybridized carbons (Fsp3) is 0.278. The Balaban J connectivity index is 1.49. The minimum Gasteiger partial charge on any atom is -0.494 e. The molecule has 4 heteroatoms. The molecule has 2 aromatic rings. The monoisotopic (exact) mass is 315 g/mol. The highest BCUT2D eigenvalue weighted by molar-refractivity contribution is 7.99. The van der Waals surface area contributed by atoms with Crippen molar-refractivity contribution in [3.63, 3.8) is 0 Å². The maximum atomic E-state index is 11.7. The van der Waals surface area contributed by atoms with Crippen molar-refractivity contribution in [3.05, 3.63) is 60.7 Å². The van der Waals surface area contributed by atoms with Crippen LogP contribution in [0.2, 0.25) is 0 Å². The molecule has 22 heavy (non-hydrogen) atoms. The van der Waals surface area contributed by atoms with Crippen LogP contribution in [0.25, 0.3) is 0 Å². The molecule has 0 aliphatic heterocycles. The van der Waals surface area contributed by atoms with Gasteiger partial charge in [-0.25, -0.2) is 0 Å². The predicted octanol–water partition coefficient (Wildman–Crippen LogP) is 3.75. The third-order valence-electron chi connectivity index (χ3n) is 3.00. The molecule has 0 aliphatic carbocycles. The second kappa shape index (κ2) is 9.90. The van der Waals surface area contributed by atoms with Crippen LogP contribution >= 0.6 is 11.8 Å². The van der Waals surface area contributed by atoms with E-state index in [1.54, 1.807) is 11.8 Å². The molecule has 0 saturated heterocycles. The number of rotatable bonds is 9. The smallest absolute Gasteiger partial charge is 0.220 e. The van der Waals surface area contributed by atoms with E-state index >= 15 is 0 Å². The van der Waals surface area contributed by atoms with E-state index in [4.69, 9.17) is 4.74 Å². The molecule has 1 amide bonds. The molecule has 0 fully saturated rings. The van der Waals surface area contributed by atoms with Crippen molar-refractivity contribution in [3.8, 4) is 5.75 Å². The van der Waals surface area contributed by atoms with E-state index in [2.05, 4.69) is 17.4 Å². The fourth-order valence-electron chi connectivity index (χ4n) is 1.90. The van der Waals surface area contributed by atoms with Crippen molar-refractivity contribution >= 4 is 17.7 Å². The molecule has 0 spiro atoms. The lowest BCUT2D eigenvalue weighted by molar-refractivity contribution is -0.121. The summed E-state index contributed by atoms with van der Waals surface area (Å²) in [7, 11) is 0. The van der Waals surface area contributed by atoms with Gasteiger partial charge >= 0.3 is 0 Å². The summed E-state index contributed by atoms with van der Waals surface area (Å²) in [4.78, 5) is 12.9. The highest BCUT2D eigenvalue weighted by atomic mass is 32.2. The van der Waals surface area contributed by atoms with Crippen molar-refractivity contribution in [2.45, 2.75) is 17.7 Å². The Morgan fingerprint density at radius 1 is 1.00 bits per heavy atom. The summed E-state index contributed by atoms with van der Waals surface area (Å²) in [5, 5.41) is 2.94. The van der Waals surface area contributed by atoms with E-state index in [1.807, 2.05) is 48.5 Å². The average molecular weight is 315 g/mol. The maximum absolute atomic E-state index is 11.7. The quantitative estimate of drug-likeness (QED) is 0.566. The van der Waals surface area contributed by atoms with E-state index in [0.717, 1.165) is 17.9 Å². The molecule has 0 heterocycles. The number of benzene rings is 2. The van der Waals surface area contributed by atoms with Gasteiger partial charge in [0.2, 0.25) is 5.91 Å². The van der Waals surface area contributed by atoms with Crippen LogP contribution in [0.3, 0.4) is 0 Å². The minimum atomic E-state index is 0.0883. The summed E-state index contributed by atoms with van der Waals surface area (Å²) in [6, 6.07) is 19.9. The zero-order chi connectivity index (χ0) is 15.5. The van der Waals surface area contributed by atoms with Gasteiger partial charge in [-0.3, -0.25) is 4.79 Å². The Morgan fingerprint density at radius 2 is 1.68 bits per heavy atom. The van der Waals surface area contributed by atoms with Gasteiger partial charge in [0, 0.05) is 23.6 Å². The summed E-state index contributed by atoms with van der Waals surface area (Å²) in [5.74, 6) is 1.82. The standard InChI is InChI=1S/C18H21NO2S/c20-18(12-7-14-21-16-8-3-1-4-9-16)19-13-15-22-17-10-5-2-6-11-17/h1-6,8-11H,7,12-15H2,(H,19,20). The Morgan fingerprint density at radius 3 is 2.41 bits per heavy atom. The average Bonchev–Trinajstić information content (AvgIpc) is 2.57. The minimum absolute atomic E-state index is 0.0883. The van der Waals surface area contributed by atoms with Gasteiger partial charge in [-0.15, -0.1) is 11.8 Å². The number of amides is 1. The van der Waals surface area contributed by atoms with Crippen LogP contribution in [0, 0.1) is 0 Å². The molecule has 0 atom stereocenters. The molecule has 0 bridgehead atoms. The van der Waals surface area contributed by atoms with Crippen molar-refractivity contribution in [1.82, 2.24) is 5.32 Å². The van der Waals surface area contributed by atoms with E-state index < -0.39 is 0 Å². The predicted molar refractivity (Wildman–Crippen MR) is 91.3 cm³/mol. The summed E-state index contributed by atoms with van der Waals surface area (Å²) in [6.45, 7) is 1.26. The van der Waals surface area contributed by atoms with Gasteiger partial charge in [0.05, 0.1) is 6.61 Å². The maximum Gasteiger partial charge on any atom is 0.220 e. The van der Waals surface area contributed by atoms with Crippen LogP contribution < -0.4 is 10.1 Å². The zero-order valence-electron chi connectivity index (χ0n) is 12.5. The molecule has 2 rings (SSSR count). The number of hydrogen-bond donors (Lipinski definition) is 1. The Hall–Kier alpha value is -1.94. The van der Waals surface area contributed by atoms with Gasteiger partial charge in [-0.1, -0.05) is 36.4 Å². The Kier molecular flexibility index (Phi) is 7.39. The molecule has 0 radical (unpaired) electrons. The molecule has 116 valence electrons. The molecule has 0 unspecified atom stereocenters. The second-order valence-electron chi connectivity index (χ2n) is 4.78. The highest BCUT2D eigenvalue weighted by Gasteiger charge is 2.01. The highest BCUT2D eigenvalue weighted by Crippen LogP contribution is 2.15. The van der Waals surface area contributed by atoms with Gasteiger partial charge < -0.3 is 10.1 Å². The summed E-state index contributed by atoms with van der Waals surface area (Å²) in [6.07, 6.45) is 1.23. The van der Waals surface area contributed by atoms with Gasteiger partial charge in [-0.05, 0) is 30.7 Å². The largest absolute Gasteiger partial charge is 0.494 e. The van der Waals surface area contributed by atoms with Crippen molar-refractivity contribution in [2.75, 3.05) is 18.9 Å². The second-order valence-corrected chi connectivity index (χ2v) is 5.94. The SMILES string of the molecule is O=C(CCCOc1ccccc1)NCCSc1ccccc1. The third kappa shape index (κ3) is 6.68. The topological polar surface area (TPSA) is 38.3 Å².